The molecule has 2 N–H and O–H groups in total. The monoisotopic (exact) mass is 410 g/mol. The van der Waals surface area contributed by atoms with Crippen LogP contribution in [0.15, 0.2) is 78.9 Å². The highest BCUT2D eigenvalue weighted by Crippen LogP contribution is 2.44. The van der Waals surface area contributed by atoms with Gasteiger partial charge in [-0.1, -0.05) is 30.3 Å². The number of hydrogen-bond acceptors (Lipinski definition) is 5. The van der Waals surface area contributed by atoms with Gasteiger partial charge in [-0.05, 0) is 54.1 Å². The van der Waals surface area contributed by atoms with Crippen molar-refractivity contribution in [1.82, 2.24) is 4.57 Å². The number of carbonyl (C=O) groups excluding carboxylic acids is 1. The second kappa shape index (κ2) is 8.09. The van der Waals surface area contributed by atoms with E-state index >= 15 is 0 Å². The van der Waals surface area contributed by atoms with Gasteiger partial charge in [-0.15, -0.1) is 0 Å². The lowest BCUT2D eigenvalue weighted by Crippen LogP contribution is -2.05. The lowest BCUT2D eigenvalue weighted by Gasteiger charge is -2.12. The molecule has 6 nitrogen and oxygen atoms in total. The molecule has 0 radical (unpaired) electrons. The molecule has 0 amide bonds. The highest BCUT2D eigenvalue weighted by Gasteiger charge is 2.29. The van der Waals surface area contributed by atoms with Crippen LogP contribution in [0.3, 0.4) is 0 Å². The van der Waals surface area contributed by atoms with Gasteiger partial charge in [-0.2, -0.15) is 5.26 Å². The number of aromatic nitrogens is 1. The lowest BCUT2D eigenvalue weighted by atomic mass is 9.99. The first-order valence-corrected chi connectivity index (χ1v) is 9.46. The number of rotatable bonds is 5. The van der Waals surface area contributed by atoms with Crippen LogP contribution in [-0.4, -0.2) is 27.7 Å². The molecule has 0 aliphatic heterocycles. The van der Waals surface area contributed by atoms with Gasteiger partial charge in [-0.3, -0.25) is 9.36 Å². The van der Waals surface area contributed by atoms with Crippen molar-refractivity contribution in [2.75, 3.05) is 7.11 Å². The van der Waals surface area contributed by atoms with Crippen LogP contribution in [-0.2, 0) is 0 Å². The average Bonchev–Trinajstić information content (AvgIpc) is 3.09. The van der Waals surface area contributed by atoms with Crippen molar-refractivity contribution in [3.05, 3.63) is 95.6 Å². The van der Waals surface area contributed by atoms with Crippen LogP contribution in [0.5, 0.6) is 17.4 Å². The molecular weight excluding hydrogens is 392 g/mol. The molecule has 6 heteroatoms. The smallest absolute Gasteiger partial charge is 0.240 e. The van der Waals surface area contributed by atoms with E-state index in [1.165, 1.54) is 11.7 Å². The third kappa shape index (κ3) is 3.49. The topological polar surface area (TPSA) is 95.5 Å². The van der Waals surface area contributed by atoms with Gasteiger partial charge in [0.15, 0.2) is 11.5 Å². The first-order valence-electron chi connectivity index (χ1n) is 9.46. The van der Waals surface area contributed by atoms with Crippen LogP contribution in [0, 0.1) is 11.3 Å². The number of nitrogens with zero attached hydrogens (tertiary/aromatic N) is 2. The van der Waals surface area contributed by atoms with Crippen LogP contribution in [0.1, 0.15) is 21.5 Å². The Balaban J connectivity index is 1.96. The van der Waals surface area contributed by atoms with E-state index in [2.05, 4.69) is 0 Å². The predicted molar refractivity (Wildman–Crippen MR) is 116 cm³/mol. The number of carbonyl (C=O) groups is 1. The van der Waals surface area contributed by atoms with Crippen molar-refractivity contribution >= 4 is 5.78 Å². The third-order valence-electron chi connectivity index (χ3n) is 5.00. The fourth-order valence-corrected chi connectivity index (χ4v) is 3.46. The molecule has 3 aromatic carbocycles. The normalized spacial score (nSPS) is 10.5. The molecule has 0 atom stereocenters. The van der Waals surface area contributed by atoms with E-state index in [0.717, 1.165) is 0 Å². The summed E-state index contributed by atoms with van der Waals surface area (Å²) in [6.45, 7) is 0. The van der Waals surface area contributed by atoms with Crippen molar-refractivity contribution in [1.29, 1.82) is 5.26 Å². The summed E-state index contributed by atoms with van der Waals surface area (Å²) in [6.07, 6.45) is 0. The molecule has 0 aliphatic carbocycles. The maximum absolute atomic E-state index is 13.4. The van der Waals surface area contributed by atoms with Gasteiger partial charge in [-0.25, -0.2) is 0 Å². The number of ketones is 1. The van der Waals surface area contributed by atoms with Crippen molar-refractivity contribution < 1.29 is 19.7 Å². The highest BCUT2D eigenvalue weighted by atomic mass is 16.5. The fourth-order valence-electron chi connectivity index (χ4n) is 3.46. The van der Waals surface area contributed by atoms with Gasteiger partial charge in [0.1, 0.15) is 5.75 Å². The standard InChI is InChI=1S/C25H18N2O4/c1-31-20-13-9-18(10-14-20)23(28)21-22(17-5-3-2-4-6-17)27(25(30)24(21)29)19-11-7-16(15-26)8-12-19/h2-14,29-30H,1H3. The average molecular weight is 410 g/mol. The number of aromatic hydroxyl groups is 2. The maximum Gasteiger partial charge on any atom is 0.240 e. The number of methoxy groups -OCH3 is 1. The van der Waals surface area contributed by atoms with Crippen LogP contribution in [0.25, 0.3) is 16.9 Å². The molecule has 0 saturated heterocycles. The molecule has 1 heterocycles. The lowest BCUT2D eigenvalue weighted by molar-refractivity contribution is 0.103. The molecule has 1 aromatic heterocycles. The molecule has 4 aromatic rings. The zero-order chi connectivity index (χ0) is 22.0. The van der Waals surface area contributed by atoms with Gasteiger partial charge in [0.05, 0.1) is 30.0 Å². The van der Waals surface area contributed by atoms with Crippen molar-refractivity contribution in [3.8, 4) is 40.4 Å². The Hall–Kier alpha value is -4.50. The Kier molecular flexibility index (Phi) is 5.17. The minimum absolute atomic E-state index is 0.0155. The summed E-state index contributed by atoms with van der Waals surface area (Å²) in [5, 5.41) is 30.7. The molecule has 152 valence electrons. The predicted octanol–water partition coefficient (Wildman–Crippen LogP) is 4.67. The fraction of sp³-hybridized carbons (Fsp3) is 0.0400. The van der Waals surface area contributed by atoms with E-state index in [-0.39, 0.29) is 5.56 Å². The van der Waals surface area contributed by atoms with Crippen LogP contribution >= 0.6 is 0 Å². The molecule has 0 unspecified atom stereocenters. The highest BCUT2D eigenvalue weighted by molar-refractivity contribution is 6.15. The summed E-state index contributed by atoms with van der Waals surface area (Å²) >= 11 is 0. The zero-order valence-corrected chi connectivity index (χ0v) is 16.6. The largest absolute Gasteiger partial charge is 0.503 e. The molecule has 0 spiro atoms. The summed E-state index contributed by atoms with van der Waals surface area (Å²) in [6, 6.07) is 24.1. The van der Waals surface area contributed by atoms with Crippen molar-refractivity contribution in [3.63, 3.8) is 0 Å². The Morgan fingerprint density at radius 1 is 0.935 bits per heavy atom. The number of ether oxygens (including phenoxy) is 1. The molecule has 0 fully saturated rings. The van der Waals surface area contributed by atoms with Crippen molar-refractivity contribution in [2.24, 2.45) is 0 Å². The minimum atomic E-state index is -0.510. The summed E-state index contributed by atoms with van der Waals surface area (Å²) < 4.78 is 6.55. The molecule has 0 aliphatic rings. The zero-order valence-electron chi connectivity index (χ0n) is 16.6. The van der Waals surface area contributed by atoms with E-state index in [0.29, 0.717) is 33.8 Å². The first-order chi connectivity index (χ1) is 15.0. The first kappa shape index (κ1) is 19.8. The van der Waals surface area contributed by atoms with E-state index in [4.69, 9.17) is 10.00 Å². The SMILES string of the molecule is COc1ccc(C(=O)c2c(O)c(O)n(-c3ccc(C#N)cc3)c2-c2ccccc2)cc1. The van der Waals surface area contributed by atoms with Gasteiger partial charge >= 0.3 is 0 Å². The Bertz CT molecular complexity index is 1280. The molecule has 4 rings (SSSR count). The van der Waals surface area contributed by atoms with E-state index in [1.54, 1.807) is 72.8 Å². The number of hydrogen-bond donors (Lipinski definition) is 2. The quantitative estimate of drug-likeness (QED) is 0.466. The molecule has 0 saturated carbocycles. The molecule has 31 heavy (non-hydrogen) atoms. The van der Waals surface area contributed by atoms with E-state index < -0.39 is 17.4 Å². The van der Waals surface area contributed by atoms with Crippen LogP contribution in [0.4, 0.5) is 0 Å². The van der Waals surface area contributed by atoms with Crippen LogP contribution < -0.4 is 4.74 Å². The Morgan fingerprint density at radius 2 is 1.58 bits per heavy atom. The second-order valence-electron chi connectivity index (χ2n) is 6.81. The summed E-state index contributed by atoms with van der Waals surface area (Å²) in [4.78, 5) is 13.4. The van der Waals surface area contributed by atoms with Gasteiger partial charge in [0.2, 0.25) is 5.88 Å². The summed E-state index contributed by atoms with van der Waals surface area (Å²) in [5.74, 6) is -0.812. The number of benzene rings is 3. The molecular formula is C25H18N2O4. The van der Waals surface area contributed by atoms with E-state index in [9.17, 15) is 15.0 Å². The summed E-state index contributed by atoms with van der Waals surface area (Å²) in [5.41, 5.74) is 2.26. The van der Waals surface area contributed by atoms with Gasteiger partial charge in [0.25, 0.3) is 0 Å². The Labute approximate surface area is 178 Å². The van der Waals surface area contributed by atoms with Crippen molar-refractivity contribution in [2.45, 2.75) is 0 Å². The van der Waals surface area contributed by atoms with Gasteiger partial charge < -0.3 is 14.9 Å². The second-order valence-corrected chi connectivity index (χ2v) is 6.81. The van der Waals surface area contributed by atoms with Crippen LogP contribution in [0.2, 0.25) is 0 Å². The maximum atomic E-state index is 13.4. The number of nitriles is 1. The molecule has 0 bridgehead atoms. The minimum Gasteiger partial charge on any atom is -0.503 e. The third-order valence-corrected chi connectivity index (χ3v) is 5.00. The summed E-state index contributed by atoms with van der Waals surface area (Å²) in [7, 11) is 1.53. The Morgan fingerprint density at radius 3 is 2.16 bits per heavy atom. The van der Waals surface area contributed by atoms with Gasteiger partial charge in [0, 0.05) is 11.3 Å². The van der Waals surface area contributed by atoms with E-state index in [1.807, 2.05) is 12.1 Å².